The lowest BCUT2D eigenvalue weighted by Gasteiger charge is -2.35. The number of nitrogens with zero attached hydrogens (tertiary/aromatic N) is 1. The van der Waals surface area contributed by atoms with Gasteiger partial charge in [0.2, 0.25) is 8.32 Å². The van der Waals surface area contributed by atoms with Crippen molar-refractivity contribution in [3.8, 4) is 0 Å². The van der Waals surface area contributed by atoms with Crippen molar-refractivity contribution in [3.63, 3.8) is 0 Å². The van der Waals surface area contributed by atoms with Gasteiger partial charge >= 0.3 is 5.97 Å². The van der Waals surface area contributed by atoms with E-state index in [1.807, 2.05) is 0 Å². The van der Waals surface area contributed by atoms with E-state index in [9.17, 15) is 4.79 Å². The minimum atomic E-state index is -1.74. The summed E-state index contributed by atoms with van der Waals surface area (Å²) in [5.74, 6) is 0.0269. The highest BCUT2D eigenvalue weighted by molar-refractivity contribution is 6.74. The van der Waals surface area contributed by atoms with E-state index in [-0.39, 0.29) is 12.0 Å². The van der Waals surface area contributed by atoms with Gasteiger partial charge in [-0.1, -0.05) is 19.6 Å². The molecule has 0 N–H and O–H groups in total. The minimum absolute atomic E-state index is 0.0269. The Bertz CT molecular complexity index is 268. The third-order valence-electron chi connectivity index (χ3n) is 2.79. The topological polar surface area (TPSA) is 29.5 Å². The lowest BCUT2D eigenvalue weighted by atomic mass is 10.2. The van der Waals surface area contributed by atoms with Crippen molar-refractivity contribution < 1.29 is 9.22 Å². The van der Waals surface area contributed by atoms with E-state index in [4.69, 9.17) is 4.43 Å². The predicted octanol–water partition coefficient (Wildman–Crippen LogP) is 2.66. The highest BCUT2D eigenvalue weighted by Crippen LogP contribution is 2.25. The van der Waals surface area contributed by atoms with Gasteiger partial charge in [-0.2, -0.15) is 0 Å². The first-order valence-corrected chi connectivity index (χ1v) is 13.0. The van der Waals surface area contributed by atoms with Gasteiger partial charge in [-0.15, -0.1) is 0 Å². The summed E-state index contributed by atoms with van der Waals surface area (Å²) in [5.41, 5.74) is 0. The van der Waals surface area contributed by atoms with Gasteiger partial charge in [0.05, 0.1) is 0 Å². The van der Waals surface area contributed by atoms with Crippen LogP contribution in [0.3, 0.4) is 0 Å². The largest absolute Gasteiger partial charge is 0.519 e. The molecule has 16 heavy (non-hydrogen) atoms. The van der Waals surface area contributed by atoms with Crippen molar-refractivity contribution in [2.45, 2.75) is 58.2 Å². The second-order valence-corrected chi connectivity index (χ2v) is 15.9. The predicted molar refractivity (Wildman–Crippen MR) is 72.5 cm³/mol. The average molecular weight is 260 g/mol. The Labute approximate surface area is 101 Å². The second kappa shape index (κ2) is 4.62. The van der Waals surface area contributed by atoms with Crippen LogP contribution in [0, 0.1) is 0 Å². The summed E-state index contributed by atoms with van der Waals surface area (Å²) in [6.45, 7) is 14.2. The van der Waals surface area contributed by atoms with E-state index in [0.717, 1.165) is 19.4 Å². The van der Waals surface area contributed by atoms with Crippen LogP contribution in [0.25, 0.3) is 0 Å². The monoisotopic (exact) mass is 260 g/mol. The molecule has 1 fully saturated rings. The molecule has 1 rings (SSSR count). The van der Waals surface area contributed by atoms with Crippen LogP contribution in [-0.4, -0.2) is 39.7 Å². The van der Waals surface area contributed by atoms with Gasteiger partial charge in [0, 0.05) is 0 Å². The molecule has 0 aliphatic carbocycles. The summed E-state index contributed by atoms with van der Waals surface area (Å²) in [4.78, 5) is 12.1. The molecular formula is C11H25NO2Si2. The van der Waals surface area contributed by atoms with Crippen molar-refractivity contribution in [1.82, 2.24) is 4.57 Å². The van der Waals surface area contributed by atoms with Crippen LogP contribution in [0.5, 0.6) is 0 Å². The summed E-state index contributed by atoms with van der Waals surface area (Å²) in [7, 11) is -3.11. The van der Waals surface area contributed by atoms with Gasteiger partial charge in [0.25, 0.3) is 0 Å². The second-order valence-electron chi connectivity index (χ2n) is 6.56. The maximum atomic E-state index is 12.1. The first-order valence-electron chi connectivity index (χ1n) is 6.11. The third-order valence-corrected chi connectivity index (χ3v) is 5.87. The first-order chi connectivity index (χ1) is 7.11. The van der Waals surface area contributed by atoms with Crippen molar-refractivity contribution in [1.29, 1.82) is 0 Å². The zero-order valence-electron chi connectivity index (χ0n) is 11.5. The molecule has 1 unspecified atom stereocenters. The van der Waals surface area contributed by atoms with Crippen molar-refractivity contribution in [2.24, 2.45) is 0 Å². The van der Waals surface area contributed by atoms with Crippen molar-refractivity contribution in [2.75, 3.05) is 6.54 Å². The van der Waals surface area contributed by atoms with E-state index in [1.165, 1.54) is 0 Å². The van der Waals surface area contributed by atoms with E-state index in [1.54, 1.807) is 0 Å². The Morgan fingerprint density at radius 1 is 1.19 bits per heavy atom. The smallest absolute Gasteiger partial charge is 0.309 e. The van der Waals surface area contributed by atoms with Crippen LogP contribution in [-0.2, 0) is 9.22 Å². The minimum Gasteiger partial charge on any atom is -0.519 e. The molecule has 0 spiro atoms. The van der Waals surface area contributed by atoms with Crippen LogP contribution >= 0.6 is 0 Å². The number of carbonyl (C=O) groups is 1. The highest BCUT2D eigenvalue weighted by atomic mass is 28.4. The maximum absolute atomic E-state index is 12.1. The van der Waals surface area contributed by atoms with Crippen LogP contribution in [0.2, 0.25) is 39.3 Å². The molecule has 1 aliphatic rings. The average Bonchev–Trinajstić information content (AvgIpc) is 2.45. The number of hydrogen-bond donors (Lipinski definition) is 0. The molecule has 1 atom stereocenters. The van der Waals surface area contributed by atoms with Crippen molar-refractivity contribution in [3.05, 3.63) is 0 Å². The van der Waals surface area contributed by atoms with Crippen molar-refractivity contribution >= 4 is 22.5 Å². The zero-order valence-corrected chi connectivity index (χ0v) is 13.5. The normalized spacial score (nSPS) is 23.5. The summed E-state index contributed by atoms with van der Waals surface area (Å²) >= 11 is 0. The molecule has 94 valence electrons. The molecule has 5 heteroatoms. The van der Waals surface area contributed by atoms with Crippen LogP contribution in [0.4, 0.5) is 0 Å². The summed E-state index contributed by atoms with van der Waals surface area (Å²) < 4.78 is 8.04. The van der Waals surface area contributed by atoms with Gasteiger partial charge in [-0.05, 0) is 39.0 Å². The molecule has 0 amide bonds. The first kappa shape index (κ1) is 13.9. The fourth-order valence-electron chi connectivity index (χ4n) is 2.18. The molecule has 0 aromatic heterocycles. The summed E-state index contributed by atoms with van der Waals surface area (Å²) in [5, 5.41) is 0. The molecule has 0 aromatic carbocycles. The quantitative estimate of drug-likeness (QED) is 0.577. The lowest BCUT2D eigenvalue weighted by Crippen LogP contribution is -2.53. The molecule has 0 radical (unpaired) electrons. The van der Waals surface area contributed by atoms with Crippen LogP contribution in [0.15, 0.2) is 0 Å². The molecular weight excluding hydrogens is 235 g/mol. The van der Waals surface area contributed by atoms with Gasteiger partial charge in [0.15, 0.2) is 0 Å². The molecule has 1 saturated heterocycles. The number of rotatable bonds is 3. The Morgan fingerprint density at radius 3 is 2.19 bits per heavy atom. The maximum Gasteiger partial charge on any atom is 0.309 e. The standard InChI is InChI=1S/C11H25NO2Si2/c1-15(2,3)12-9-7-8-10(12)11(13)14-16(4,5)6/h10H,7-9H2,1-6H3/i9+1. The zero-order chi connectivity index (χ0) is 12.6. The summed E-state index contributed by atoms with van der Waals surface area (Å²) in [6, 6.07) is 0.0402. The van der Waals surface area contributed by atoms with E-state index >= 15 is 0 Å². The Hall–Kier alpha value is -0.136. The van der Waals surface area contributed by atoms with E-state index in [2.05, 4.69) is 43.8 Å². The number of carbonyl (C=O) groups excluding carboxylic acids is 1. The fourth-order valence-corrected chi connectivity index (χ4v) is 4.92. The molecule has 1 heterocycles. The van der Waals surface area contributed by atoms with Gasteiger partial charge in [0.1, 0.15) is 14.3 Å². The van der Waals surface area contributed by atoms with Gasteiger partial charge < -0.3 is 8.99 Å². The molecule has 1 aliphatic heterocycles. The van der Waals surface area contributed by atoms with Crippen LogP contribution in [0.1, 0.15) is 12.8 Å². The third kappa shape index (κ3) is 3.71. The van der Waals surface area contributed by atoms with Gasteiger partial charge in [-0.3, -0.25) is 4.79 Å². The van der Waals surface area contributed by atoms with Crippen LogP contribution < -0.4 is 0 Å². The highest BCUT2D eigenvalue weighted by Gasteiger charge is 2.40. The lowest BCUT2D eigenvalue weighted by molar-refractivity contribution is -0.138. The Morgan fingerprint density at radius 2 is 1.75 bits per heavy atom. The Kier molecular flexibility index (Phi) is 4.02. The molecule has 0 bridgehead atoms. The molecule has 0 saturated carbocycles. The fraction of sp³-hybridized carbons (Fsp3) is 0.909. The molecule has 0 aromatic rings. The molecule has 3 nitrogen and oxygen atoms in total. The van der Waals surface area contributed by atoms with Gasteiger partial charge in [-0.25, -0.2) is 0 Å². The number of hydrogen-bond acceptors (Lipinski definition) is 3. The SMILES string of the molecule is C[Si](C)(C)OC(=O)C1CC[13CH2]N1[Si](C)(C)C. The van der Waals surface area contributed by atoms with E-state index in [0.29, 0.717) is 0 Å². The summed E-state index contributed by atoms with van der Waals surface area (Å²) in [6.07, 6.45) is 2.11. The Balaban J connectivity index is 2.69. The van der Waals surface area contributed by atoms with E-state index < -0.39 is 16.6 Å².